The average molecular weight is 177 g/mol. The normalized spacial score (nSPS) is 19.2. The Kier molecular flexibility index (Phi) is 2.54. The highest BCUT2D eigenvalue weighted by molar-refractivity contribution is 7.89. The molecule has 0 unspecified atom stereocenters. The van der Waals surface area contributed by atoms with Crippen molar-refractivity contribution in [3.8, 4) is 0 Å². The summed E-state index contributed by atoms with van der Waals surface area (Å²) in [4.78, 5) is 0. The minimum absolute atomic E-state index is 0.233. The molecule has 0 bridgehead atoms. The van der Waals surface area contributed by atoms with Gasteiger partial charge in [0.25, 0.3) is 0 Å². The molecule has 0 aromatic heterocycles. The lowest BCUT2D eigenvalue weighted by Gasteiger charge is -2.18. The van der Waals surface area contributed by atoms with Crippen LogP contribution in [-0.2, 0) is 10.0 Å². The molecule has 3 nitrogen and oxygen atoms in total. The molecule has 0 atom stereocenters. The summed E-state index contributed by atoms with van der Waals surface area (Å²) in [5.74, 6) is 0.233. The molecular weight excluding hydrogens is 162 g/mol. The minimum Gasteiger partial charge on any atom is -0.212 e. The Morgan fingerprint density at radius 2 is 1.91 bits per heavy atom. The van der Waals surface area contributed by atoms with Crippen molar-refractivity contribution >= 4 is 10.0 Å². The molecule has 0 heterocycles. The van der Waals surface area contributed by atoms with E-state index in [0.29, 0.717) is 12.6 Å². The van der Waals surface area contributed by atoms with Gasteiger partial charge in [-0.3, -0.25) is 0 Å². The first kappa shape index (κ1) is 9.00. The molecule has 1 rings (SSSR count). The summed E-state index contributed by atoms with van der Waals surface area (Å²) in [5.41, 5.74) is 0. The zero-order valence-electron chi connectivity index (χ0n) is 7.08. The summed E-state index contributed by atoms with van der Waals surface area (Å²) in [6.45, 7) is 4.22. The first-order chi connectivity index (χ1) is 5.11. The molecule has 0 radical (unpaired) electrons. The molecule has 1 aliphatic rings. The van der Waals surface area contributed by atoms with Gasteiger partial charge in [-0.05, 0) is 19.8 Å². The predicted molar refractivity (Wildman–Crippen MR) is 44.9 cm³/mol. The van der Waals surface area contributed by atoms with Crippen LogP contribution in [0.2, 0.25) is 0 Å². The Bertz CT molecular complexity index is 219. The summed E-state index contributed by atoms with van der Waals surface area (Å²) in [5, 5.41) is 0. The van der Waals surface area contributed by atoms with Crippen LogP contribution >= 0.6 is 0 Å². The molecule has 0 aliphatic heterocycles. The largest absolute Gasteiger partial charge is 0.214 e. The standard InChI is InChI=1S/C7H15NO2S/c1-3-8(7-5-6-7)11(9,10)4-2/h7H,3-6H2,1-2H3. The fourth-order valence-corrected chi connectivity index (χ4v) is 2.60. The summed E-state index contributed by atoms with van der Waals surface area (Å²) in [7, 11) is -2.91. The molecular formula is C7H15NO2S. The van der Waals surface area contributed by atoms with E-state index < -0.39 is 10.0 Å². The molecule has 1 saturated carbocycles. The van der Waals surface area contributed by atoms with E-state index in [-0.39, 0.29) is 5.75 Å². The van der Waals surface area contributed by atoms with Gasteiger partial charge in [0.05, 0.1) is 5.75 Å². The molecule has 0 aromatic rings. The van der Waals surface area contributed by atoms with Crippen molar-refractivity contribution in [1.29, 1.82) is 0 Å². The van der Waals surface area contributed by atoms with Gasteiger partial charge in [0, 0.05) is 12.6 Å². The van der Waals surface area contributed by atoms with Crippen molar-refractivity contribution < 1.29 is 8.42 Å². The Balaban J connectivity index is 2.67. The van der Waals surface area contributed by atoms with Gasteiger partial charge in [-0.2, -0.15) is 4.31 Å². The molecule has 1 fully saturated rings. The van der Waals surface area contributed by atoms with Crippen LogP contribution in [0.25, 0.3) is 0 Å². The number of nitrogens with zero attached hydrogens (tertiary/aromatic N) is 1. The lowest BCUT2D eigenvalue weighted by atomic mass is 10.6. The second kappa shape index (κ2) is 3.11. The van der Waals surface area contributed by atoms with Crippen molar-refractivity contribution in [2.45, 2.75) is 32.7 Å². The number of sulfonamides is 1. The maximum absolute atomic E-state index is 11.3. The third-order valence-electron chi connectivity index (χ3n) is 1.99. The zero-order valence-corrected chi connectivity index (χ0v) is 7.89. The highest BCUT2D eigenvalue weighted by Crippen LogP contribution is 2.28. The lowest BCUT2D eigenvalue weighted by Crippen LogP contribution is -2.33. The van der Waals surface area contributed by atoms with Gasteiger partial charge in [0.1, 0.15) is 0 Å². The van der Waals surface area contributed by atoms with Crippen LogP contribution in [0.3, 0.4) is 0 Å². The molecule has 0 N–H and O–H groups in total. The first-order valence-corrected chi connectivity index (χ1v) is 5.72. The predicted octanol–water partition coefficient (Wildman–Crippen LogP) is 0.820. The van der Waals surface area contributed by atoms with Crippen LogP contribution in [-0.4, -0.2) is 31.1 Å². The van der Waals surface area contributed by atoms with Crippen molar-refractivity contribution in [2.75, 3.05) is 12.3 Å². The topological polar surface area (TPSA) is 37.4 Å². The maximum atomic E-state index is 11.3. The number of hydrogen-bond donors (Lipinski definition) is 0. The Labute approximate surface area is 68.4 Å². The Morgan fingerprint density at radius 3 is 2.18 bits per heavy atom. The van der Waals surface area contributed by atoms with Crippen LogP contribution < -0.4 is 0 Å². The van der Waals surface area contributed by atoms with Gasteiger partial charge < -0.3 is 0 Å². The third kappa shape index (κ3) is 1.93. The molecule has 0 amide bonds. The van der Waals surface area contributed by atoms with Crippen molar-refractivity contribution in [1.82, 2.24) is 4.31 Å². The van der Waals surface area contributed by atoms with E-state index in [1.807, 2.05) is 6.92 Å². The molecule has 0 aromatic carbocycles. The second-order valence-electron chi connectivity index (χ2n) is 2.84. The molecule has 0 saturated heterocycles. The van der Waals surface area contributed by atoms with E-state index in [1.54, 1.807) is 11.2 Å². The van der Waals surface area contributed by atoms with Gasteiger partial charge in [-0.1, -0.05) is 6.92 Å². The fraction of sp³-hybridized carbons (Fsp3) is 1.00. The van der Waals surface area contributed by atoms with E-state index in [4.69, 9.17) is 0 Å². The monoisotopic (exact) mass is 177 g/mol. The summed E-state index contributed by atoms with van der Waals surface area (Å²) in [6, 6.07) is 0.324. The fourth-order valence-electron chi connectivity index (χ4n) is 1.21. The first-order valence-electron chi connectivity index (χ1n) is 4.11. The smallest absolute Gasteiger partial charge is 0.212 e. The van der Waals surface area contributed by atoms with Crippen molar-refractivity contribution in [3.63, 3.8) is 0 Å². The summed E-state index contributed by atoms with van der Waals surface area (Å²) >= 11 is 0. The van der Waals surface area contributed by atoms with E-state index in [1.165, 1.54) is 0 Å². The van der Waals surface area contributed by atoms with Gasteiger partial charge in [-0.25, -0.2) is 8.42 Å². The number of hydrogen-bond acceptors (Lipinski definition) is 2. The van der Waals surface area contributed by atoms with E-state index in [9.17, 15) is 8.42 Å². The van der Waals surface area contributed by atoms with Crippen LogP contribution in [0.1, 0.15) is 26.7 Å². The molecule has 11 heavy (non-hydrogen) atoms. The van der Waals surface area contributed by atoms with Gasteiger partial charge in [0.2, 0.25) is 10.0 Å². The highest BCUT2D eigenvalue weighted by atomic mass is 32.2. The maximum Gasteiger partial charge on any atom is 0.214 e. The van der Waals surface area contributed by atoms with Crippen LogP contribution in [0.4, 0.5) is 0 Å². The molecule has 0 spiro atoms. The Hall–Kier alpha value is -0.0900. The minimum atomic E-state index is -2.91. The second-order valence-corrected chi connectivity index (χ2v) is 5.05. The SMILES string of the molecule is CCN(C1CC1)S(=O)(=O)CC. The molecule has 1 aliphatic carbocycles. The van der Waals surface area contributed by atoms with Crippen molar-refractivity contribution in [3.05, 3.63) is 0 Å². The lowest BCUT2D eigenvalue weighted by molar-refractivity contribution is 0.422. The average Bonchev–Trinajstić information content (AvgIpc) is 2.73. The van der Waals surface area contributed by atoms with Gasteiger partial charge in [-0.15, -0.1) is 0 Å². The molecule has 66 valence electrons. The molecule has 4 heteroatoms. The quantitative estimate of drug-likeness (QED) is 0.637. The third-order valence-corrected chi connectivity index (χ3v) is 3.99. The van der Waals surface area contributed by atoms with E-state index in [0.717, 1.165) is 12.8 Å². The van der Waals surface area contributed by atoms with Crippen LogP contribution in [0, 0.1) is 0 Å². The van der Waals surface area contributed by atoms with Crippen molar-refractivity contribution in [2.24, 2.45) is 0 Å². The summed E-state index contributed by atoms with van der Waals surface area (Å²) < 4.78 is 24.3. The highest BCUT2D eigenvalue weighted by Gasteiger charge is 2.34. The zero-order chi connectivity index (χ0) is 8.48. The van der Waals surface area contributed by atoms with Gasteiger partial charge in [0.15, 0.2) is 0 Å². The number of rotatable bonds is 4. The Morgan fingerprint density at radius 1 is 1.36 bits per heavy atom. The van der Waals surface area contributed by atoms with E-state index in [2.05, 4.69) is 0 Å². The van der Waals surface area contributed by atoms with Crippen LogP contribution in [0.15, 0.2) is 0 Å². The van der Waals surface area contributed by atoms with Crippen LogP contribution in [0.5, 0.6) is 0 Å². The summed E-state index contributed by atoms with van der Waals surface area (Å²) in [6.07, 6.45) is 2.10. The van der Waals surface area contributed by atoms with Gasteiger partial charge >= 0.3 is 0 Å². The van der Waals surface area contributed by atoms with E-state index >= 15 is 0 Å².